The highest BCUT2D eigenvalue weighted by Crippen LogP contribution is 2.22. The lowest BCUT2D eigenvalue weighted by molar-refractivity contribution is 0.0597. The van der Waals surface area contributed by atoms with Gasteiger partial charge in [0.15, 0.2) is 0 Å². The van der Waals surface area contributed by atoms with Gasteiger partial charge in [-0.15, -0.1) is 0 Å². The molecule has 2 atom stereocenters. The van der Waals surface area contributed by atoms with E-state index < -0.39 is 0 Å². The van der Waals surface area contributed by atoms with E-state index in [1.54, 1.807) is 0 Å². The Morgan fingerprint density at radius 1 is 1.35 bits per heavy atom. The standard InChI is InChI=1S/C14H30N2O/c1-4-9-16(14(3,5-2)12-15)10-8-13-7-6-11-17-13/h13H,4-12,15H2,1-3H3. The summed E-state index contributed by atoms with van der Waals surface area (Å²) in [6.45, 7) is 10.7. The maximum Gasteiger partial charge on any atom is 0.0588 e. The average Bonchev–Trinajstić information content (AvgIpc) is 2.86. The van der Waals surface area contributed by atoms with Gasteiger partial charge in [0.2, 0.25) is 0 Å². The normalized spacial score (nSPS) is 24.2. The topological polar surface area (TPSA) is 38.5 Å². The number of rotatable bonds is 8. The van der Waals surface area contributed by atoms with Crippen molar-refractivity contribution in [1.29, 1.82) is 0 Å². The maximum atomic E-state index is 5.96. The maximum absolute atomic E-state index is 5.96. The Balaban J connectivity index is 2.46. The third-order valence-electron chi connectivity index (χ3n) is 4.20. The van der Waals surface area contributed by atoms with Crippen LogP contribution in [0.25, 0.3) is 0 Å². The first kappa shape index (κ1) is 14.9. The Hall–Kier alpha value is -0.120. The molecule has 1 saturated heterocycles. The van der Waals surface area contributed by atoms with Crippen molar-refractivity contribution in [2.24, 2.45) is 5.73 Å². The number of nitrogens with two attached hydrogens (primary N) is 1. The van der Waals surface area contributed by atoms with Gasteiger partial charge in [0.05, 0.1) is 6.10 Å². The van der Waals surface area contributed by atoms with E-state index in [2.05, 4.69) is 25.7 Å². The Labute approximate surface area is 107 Å². The number of hydrogen-bond acceptors (Lipinski definition) is 3. The number of nitrogens with zero attached hydrogens (tertiary/aromatic N) is 1. The van der Waals surface area contributed by atoms with Crippen LogP contribution in [0.4, 0.5) is 0 Å². The van der Waals surface area contributed by atoms with E-state index in [1.165, 1.54) is 19.3 Å². The van der Waals surface area contributed by atoms with Crippen molar-refractivity contribution in [3.05, 3.63) is 0 Å². The highest BCUT2D eigenvalue weighted by Gasteiger charge is 2.28. The van der Waals surface area contributed by atoms with Gasteiger partial charge >= 0.3 is 0 Å². The molecular weight excluding hydrogens is 212 g/mol. The molecule has 0 aliphatic carbocycles. The highest BCUT2D eigenvalue weighted by atomic mass is 16.5. The van der Waals surface area contributed by atoms with Crippen LogP contribution >= 0.6 is 0 Å². The van der Waals surface area contributed by atoms with Gasteiger partial charge in [0.1, 0.15) is 0 Å². The molecule has 3 heteroatoms. The third kappa shape index (κ3) is 4.23. The lowest BCUT2D eigenvalue weighted by Gasteiger charge is -2.40. The van der Waals surface area contributed by atoms with Crippen LogP contribution in [0.3, 0.4) is 0 Å². The lowest BCUT2D eigenvalue weighted by Crippen LogP contribution is -2.52. The Kier molecular flexibility index (Phi) is 6.45. The minimum absolute atomic E-state index is 0.161. The van der Waals surface area contributed by atoms with E-state index in [0.29, 0.717) is 6.10 Å². The summed E-state index contributed by atoms with van der Waals surface area (Å²) in [6, 6.07) is 0. The van der Waals surface area contributed by atoms with Gasteiger partial charge in [-0.3, -0.25) is 4.90 Å². The first-order valence-electron chi connectivity index (χ1n) is 7.23. The Morgan fingerprint density at radius 2 is 2.12 bits per heavy atom. The van der Waals surface area contributed by atoms with Gasteiger partial charge in [-0.25, -0.2) is 0 Å². The predicted octanol–water partition coefficient (Wildman–Crippen LogP) is 2.39. The molecule has 0 spiro atoms. The molecule has 2 N–H and O–H groups in total. The molecule has 0 aromatic carbocycles. The van der Waals surface area contributed by atoms with E-state index in [4.69, 9.17) is 10.5 Å². The molecule has 3 nitrogen and oxygen atoms in total. The summed E-state index contributed by atoms with van der Waals surface area (Å²) in [4.78, 5) is 2.56. The van der Waals surface area contributed by atoms with Gasteiger partial charge < -0.3 is 10.5 Å². The summed E-state index contributed by atoms with van der Waals surface area (Å²) >= 11 is 0. The minimum atomic E-state index is 0.161. The first-order chi connectivity index (χ1) is 8.16. The lowest BCUT2D eigenvalue weighted by atomic mass is 9.95. The second-order valence-electron chi connectivity index (χ2n) is 5.47. The largest absolute Gasteiger partial charge is 0.378 e. The Bertz CT molecular complexity index is 198. The molecule has 1 aliphatic heterocycles. The predicted molar refractivity (Wildman–Crippen MR) is 73.2 cm³/mol. The molecule has 1 aliphatic rings. The van der Waals surface area contributed by atoms with Crippen molar-refractivity contribution in [3.8, 4) is 0 Å². The van der Waals surface area contributed by atoms with Crippen LogP contribution in [0.1, 0.15) is 52.9 Å². The zero-order valence-corrected chi connectivity index (χ0v) is 11.9. The van der Waals surface area contributed by atoms with E-state index in [-0.39, 0.29) is 5.54 Å². The monoisotopic (exact) mass is 242 g/mol. The van der Waals surface area contributed by atoms with Crippen molar-refractivity contribution >= 4 is 0 Å². The Morgan fingerprint density at radius 3 is 2.59 bits per heavy atom. The SMILES string of the molecule is CCCN(CCC1CCCO1)C(C)(CC)CN. The zero-order chi connectivity index (χ0) is 12.7. The summed E-state index contributed by atoms with van der Waals surface area (Å²) < 4.78 is 5.70. The molecule has 0 radical (unpaired) electrons. The van der Waals surface area contributed by atoms with Crippen LogP contribution < -0.4 is 5.73 Å². The highest BCUT2D eigenvalue weighted by molar-refractivity contribution is 4.86. The summed E-state index contributed by atoms with van der Waals surface area (Å²) in [6.07, 6.45) is 6.45. The molecule has 1 rings (SSSR count). The van der Waals surface area contributed by atoms with Crippen molar-refractivity contribution in [2.75, 3.05) is 26.2 Å². The first-order valence-corrected chi connectivity index (χ1v) is 7.23. The van der Waals surface area contributed by atoms with E-state index in [1.807, 2.05) is 0 Å². The summed E-state index contributed by atoms with van der Waals surface area (Å²) in [5, 5.41) is 0. The smallest absolute Gasteiger partial charge is 0.0588 e. The fourth-order valence-corrected chi connectivity index (χ4v) is 2.59. The van der Waals surface area contributed by atoms with Crippen LogP contribution in [0, 0.1) is 0 Å². The van der Waals surface area contributed by atoms with Crippen molar-refractivity contribution in [2.45, 2.75) is 64.5 Å². The molecular formula is C14H30N2O. The van der Waals surface area contributed by atoms with E-state index in [9.17, 15) is 0 Å². The van der Waals surface area contributed by atoms with Crippen LogP contribution in [0.5, 0.6) is 0 Å². The number of ether oxygens (including phenoxy) is 1. The fourth-order valence-electron chi connectivity index (χ4n) is 2.59. The molecule has 2 unspecified atom stereocenters. The van der Waals surface area contributed by atoms with Crippen molar-refractivity contribution in [3.63, 3.8) is 0 Å². The molecule has 0 aromatic rings. The van der Waals surface area contributed by atoms with Gasteiger partial charge in [-0.1, -0.05) is 13.8 Å². The molecule has 102 valence electrons. The zero-order valence-electron chi connectivity index (χ0n) is 11.9. The van der Waals surface area contributed by atoms with E-state index >= 15 is 0 Å². The van der Waals surface area contributed by atoms with E-state index in [0.717, 1.165) is 39.1 Å². The molecule has 17 heavy (non-hydrogen) atoms. The second kappa shape index (κ2) is 7.34. The fraction of sp³-hybridized carbons (Fsp3) is 1.00. The summed E-state index contributed by atoms with van der Waals surface area (Å²) in [7, 11) is 0. The van der Waals surface area contributed by atoms with Crippen LogP contribution in [-0.2, 0) is 4.74 Å². The minimum Gasteiger partial charge on any atom is -0.378 e. The molecule has 0 amide bonds. The second-order valence-corrected chi connectivity index (χ2v) is 5.47. The van der Waals surface area contributed by atoms with Gasteiger partial charge in [-0.2, -0.15) is 0 Å². The van der Waals surface area contributed by atoms with Crippen molar-refractivity contribution < 1.29 is 4.74 Å². The molecule has 0 aromatic heterocycles. The summed E-state index contributed by atoms with van der Waals surface area (Å²) in [5.41, 5.74) is 6.12. The van der Waals surface area contributed by atoms with Crippen molar-refractivity contribution in [1.82, 2.24) is 4.90 Å². The quantitative estimate of drug-likeness (QED) is 0.710. The molecule has 1 fully saturated rings. The number of hydrogen-bond donors (Lipinski definition) is 1. The van der Waals surface area contributed by atoms with Crippen LogP contribution in [-0.4, -0.2) is 42.8 Å². The average molecular weight is 242 g/mol. The molecule has 0 saturated carbocycles. The third-order valence-corrected chi connectivity index (χ3v) is 4.20. The van der Waals surface area contributed by atoms with Crippen LogP contribution in [0.2, 0.25) is 0 Å². The van der Waals surface area contributed by atoms with Gasteiger partial charge in [0, 0.05) is 25.2 Å². The van der Waals surface area contributed by atoms with Crippen LogP contribution in [0.15, 0.2) is 0 Å². The van der Waals surface area contributed by atoms with Gasteiger partial charge in [0.25, 0.3) is 0 Å². The molecule has 0 bridgehead atoms. The van der Waals surface area contributed by atoms with Gasteiger partial charge in [-0.05, 0) is 45.6 Å². The molecule has 1 heterocycles. The summed E-state index contributed by atoms with van der Waals surface area (Å²) in [5.74, 6) is 0.